The number of aliphatic imine (C=N–C) groups is 1. The Labute approximate surface area is 251 Å². The Hall–Kier alpha value is -2.80. The van der Waals surface area contributed by atoms with Crippen LogP contribution in [0.25, 0.3) is 0 Å². The number of aryl methyl sites for hydroxylation is 5. The van der Waals surface area contributed by atoms with Gasteiger partial charge >= 0.3 is 16.8 Å². The molecule has 0 aliphatic carbocycles. The molecule has 0 unspecified atom stereocenters. The van der Waals surface area contributed by atoms with Crippen LogP contribution in [0, 0.1) is 41.7 Å². The molecule has 0 bridgehead atoms. The predicted molar refractivity (Wildman–Crippen MR) is 174 cm³/mol. The van der Waals surface area contributed by atoms with Gasteiger partial charge in [-0.15, -0.1) is 8.07 Å². The van der Waals surface area contributed by atoms with E-state index in [-0.39, 0.29) is 24.2 Å². The van der Waals surface area contributed by atoms with Gasteiger partial charge in [-0.1, -0.05) is 116 Å². The van der Waals surface area contributed by atoms with Crippen LogP contribution < -0.4 is 0 Å². The molecule has 0 atom stereocenters. The summed E-state index contributed by atoms with van der Waals surface area (Å²) in [5.41, 5.74) is 8.49. The fourth-order valence-electron chi connectivity index (χ4n) is 3.04. The van der Waals surface area contributed by atoms with Gasteiger partial charge in [0.2, 0.25) is 0 Å². The van der Waals surface area contributed by atoms with Crippen LogP contribution in [-0.2, 0) is 23.2 Å². The first-order valence-electron chi connectivity index (χ1n) is 12.9. The number of pyridine rings is 1. The Morgan fingerprint density at radius 1 is 0.744 bits per heavy atom. The maximum absolute atomic E-state index is 4.39. The van der Waals surface area contributed by atoms with Crippen LogP contribution in [0.3, 0.4) is 0 Å². The second-order valence-corrected chi connectivity index (χ2v) is 15.5. The summed E-state index contributed by atoms with van der Waals surface area (Å²) in [5.74, 6) is 0. The zero-order valence-electron chi connectivity index (χ0n) is 25.5. The molecule has 39 heavy (non-hydrogen) atoms. The molecule has 0 aliphatic heterocycles. The molecule has 1 aromatic heterocycles. The summed E-state index contributed by atoms with van der Waals surface area (Å²) in [5, 5.41) is 0. The van der Waals surface area contributed by atoms with Crippen molar-refractivity contribution < 1.29 is 16.8 Å². The standard InChI is InChI=1S/C13H12N2.C9H12.C8H10.C4H11Si.CH3.Co/c1-11-6-2-3-8-13(11)15-10-12-7-4-5-9-14-12;1-3-9-6-4-5-8(2)7-9;1-7-4-3-5-8(2)6-7;1-5(2,3)4;;/h2-10H,1H3;4-7H,3H2,1-2H3;3-6H,1-2H3;1H2,2-4H3;1H3;/q;;;2*-1;+2. The van der Waals surface area contributed by atoms with E-state index >= 15 is 0 Å². The molecule has 0 amide bonds. The van der Waals surface area contributed by atoms with E-state index in [0.29, 0.717) is 0 Å². The van der Waals surface area contributed by atoms with E-state index < -0.39 is 8.07 Å². The van der Waals surface area contributed by atoms with Crippen LogP contribution in [0.1, 0.15) is 40.4 Å². The van der Waals surface area contributed by atoms with Crippen molar-refractivity contribution in [1.82, 2.24) is 4.98 Å². The maximum atomic E-state index is 4.39. The van der Waals surface area contributed by atoms with Gasteiger partial charge in [0.15, 0.2) is 0 Å². The summed E-state index contributed by atoms with van der Waals surface area (Å²) in [6.07, 6.45) is 4.68. The molecule has 0 N–H and O–H groups in total. The van der Waals surface area contributed by atoms with E-state index in [1.54, 1.807) is 12.4 Å². The molecule has 2 nitrogen and oxygen atoms in total. The minimum absolute atomic E-state index is 0. The third kappa shape index (κ3) is 20.8. The van der Waals surface area contributed by atoms with Crippen molar-refractivity contribution in [3.05, 3.63) is 145 Å². The van der Waals surface area contributed by atoms with E-state index in [1.807, 2.05) is 49.4 Å². The van der Waals surface area contributed by atoms with Crippen molar-refractivity contribution in [2.75, 3.05) is 0 Å². The molecule has 4 aromatic rings. The molecule has 4 rings (SSSR count). The number of nitrogens with zero attached hydrogens (tertiary/aromatic N) is 2. The van der Waals surface area contributed by atoms with Gasteiger partial charge in [-0.25, -0.2) is 0 Å². The Morgan fingerprint density at radius 3 is 1.67 bits per heavy atom. The fourth-order valence-corrected chi connectivity index (χ4v) is 3.04. The van der Waals surface area contributed by atoms with E-state index in [1.165, 1.54) is 27.8 Å². The van der Waals surface area contributed by atoms with Gasteiger partial charge in [0.1, 0.15) is 0 Å². The van der Waals surface area contributed by atoms with Crippen molar-refractivity contribution in [2.24, 2.45) is 4.99 Å². The van der Waals surface area contributed by atoms with Crippen LogP contribution in [0.4, 0.5) is 5.69 Å². The first-order chi connectivity index (χ1) is 17.5. The van der Waals surface area contributed by atoms with Crippen molar-refractivity contribution >= 4 is 20.0 Å². The summed E-state index contributed by atoms with van der Waals surface area (Å²) in [6.45, 7) is 21.1. The number of rotatable bonds is 3. The molecular weight excluding hydrogens is 535 g/mol. The van der Waals surface area contributed by atoms with Crippen LogP contribution in [0.5, 0.6) is 0 Å². The fraction of sp³-hybridized carbons (Fsp3) is 0.257. The SMILES string of the molecule is CCc1cccc(C)c1.Cc1cccc(C)c1.Cc1ccccc1N=Cc1ccccn1.[CH2-][Si](C)(C)C.[CH3-].[Co+2]. The number of para-hydroxylation sites is 1. The maximum Gasteiger partial charge on any atom is 2.00 e. The second-order valence-electron chi connectivity index (χ2n) is 10.4. The van der Waals surface area contributed by atoms with E-state index in [0.717, 1.165) is 17.8 Å². The molecule has 0 spiro atoms. The van der Waals surface area contributed by atoms with E-state index in [9.17, 15) is 0 Å². The molecule has 0 saturated heterocycles. The van der Waals surface area contributed by atoms with Gasteiger partial charge in [0, 0.05) is 6.20 Å². The van der Waals surface area contributed by atoms with Crippen LogP contribution in [0.15, 0.2) is 102 Å². The smallest absolute Gasteiger partial charge is 0.358 e. The van der Waals surface area contributed by atoms with Gasteiger partial charge in [-0.05, 0) is 63.4 Å². The Bertz CT molecular complexity index is 1180. The average Bonchev–Trinajstić information content (AvgIpc) is 2.84. The van der Waals surface area contributed by atoms with Gasteiger partial charge in [-0.2, -0.15) is 0 Å². The van der Waals surface area contributed by atoms with Crippen LogP contribution in [0.2, 0.25) is 19.6 Å². The summed E-state index contributed by atoms with van der Waals surface area (Å²) in [6, 6.07) is 30.9. The normalized spacial score (nSPS) is 9.77. The minimum atomic E-state index is -0.861. The van der Waals surface area contributed by atoms with Crippen molar-refractivity contribution in [1.29, 1.82) is 0 Å². The molecule has 0 fully saturated rings. The number of aromatic nitrogens is 1. The Kier molecular flexibility index (Phi) is 20.7. The van der Waals surface area contributed by atoms with E-state index in [2.05, 4.69) is 112 Å². The Balaban J connectivity index is 0. The zero-order chi connectivity index (χ0) is 27.7. The number of hydrogen-bond donors (Lipinski definition) is 0. The molecule has 1 heterocycles. The van der Waals surface area contributed by atoms with Gasteiger partial charge in [-0.3, -0.25) is 9.98 Å². The molecule has 0 aliphatic rings. The van der Waals surface area contributed by atoms with Crippen molar-refractivity contribution in [3.63, 3.8) is 0 Å². The predicted octanol–water partition coefficient (Wildman–Crippen LogP) is 10.1. The van der Waals surface area contributed by atoms with Crippen LogP contribution >= 0.6 is 0 Å². The third-order valence-corrected chi connectivity index (χ3v) is 4.80. The van der Waals surface area contributed by atoms with Crippen molar-refractivity contribution in [3.8, 4) is 0 Å². The summed E-state index contributed by atoms with van der Waals surface area (Å²) >= 11 is 0. The molecular formula is C35H48CoN2Si. The monoisotopic (exact) mass is 583 g/mol. The summed E-state index contributed by atoms with van der Waals surface area (Å²) < 4.78 is 0. The molecule has 4 heteroatoms. The van der Waals surface area contributed by atoms with Crippen LogP contribution in [-0.4, -0.2) is 19.3 Å². The third-order valence-electron chi connectivity index (χ3n) is 4.80. The first-order valence-corrected chi connectivity index (χ1v) is 16.6. The number of hydrogen-bond acceptors (Lipinski definition) is 2. The van der Waals surface area contributed by atoms with E-state index in [4.69, 9.17) is 0 Å². The molecule has 211 valence electrons. The first kappa shape index (κ1) is 38.4. The summed E-state index contributed by atoms with van der Waals surface area (Å²) in [4.78, 5) is 8.56. The minimum Gasteiger partial charge on any atom is -0.358 e. The topological polar surface area (TPSA) is 25.2 Å². The molecule has 0 saturated carbocycles. The largest absolute Gasteiger partial charge is 2.00 e. The van der Waals surface area contributed by atoms with Gasteiger partial charge < -0.3 is 14.0 Å². The number of benzene rings is 3. The summed E-state index contributed by atoms with van der Waals surface area (Å²) in [7, 11) is -0.861. The average molecular weight is 584 g/mol. The van der Waals surface area contributed by atoms with Crippen molar-refractivity contribution in [2.45, 2.75) is 60.7 Å². The molecule has 3 aromatic carbocycles. The quantitative estimate of drug-likeness (QED) is 0.134. The van der Waals surface area contributed by atoms with Gasteiger partial charge in [0.25, 0.3) is 0 Å². The Morgan fingerprint density at radius 2 is 1.26 bits per heavy atom. The van der Waals surface area contributed by atoms with Gasteiger partial charge in [0.05, 0.1) is 17.6 Å². The zero-order valence-corrected chi connectivity index (χ0v) is 27.5. The second kappa shape index (κ2) is 21.1. The molecule has 1 radical (unpaired) electrons.